The van der Waals surface area contributed by atoms with Crippen LogP contribution >= 0.6 is 12.2 Å². The van der Waals surface area contributed by atoms with Crippen LogP contribution in [0.4, 0.5) is 0 Å². The van der Waals surface area contributed by atoms with Gasteiger partial charge in [0, 0.05) is 7.05 Å². The minimum atomic E-state index is 0.285. The first kappa shape index (κ1) is 12.5. The van der Waals surface area contributed by atoms with Gasteiger partial charge in [0.25, 0.3) is 0 Å². The predicted molar refractivity (Wildman–Crippen MR) is 80.3 cm³/mol. The van der Waals surface area contributed by atoms with Gasteiger partial charge in [-0.3, -0.25) is 9.25 Å². The molecule has 1 aliphatic heterocycles. The Balaban J connectivity index is 1.81. The zero-order chi connectivity index (χ0) is 14.6. The monoisotopic (exact) mass is 302 g/mol. The second kappa shape index (κ2) is 4.36. The molecule has 0 amide bonds. The molecule has 0 fully saturated rings. The molecule has 3 heterocycles. The van der Waals surface area contributed by atoms with Crippen molar-refractivity contribution in [3.63, 3.8) is 0 Å². The summed E-state index contributed by atoms with van der Waals surface area (Å²) in [7, 11) is 1.92. The van der Waals surface area contributed by atoms with Gasteiger partial charge < -0.3 is 14.5 Å². The number of benzene rings is 1. The van der Waals surface area contributed by atoms with Crippen molar-refractivity contribution in [3.05, 3.63) is 34.2 Å². The number of hydrogen-bond donors (Lipinski definition) is 1. The molecule has 0 bridgehead atoms. The van der Waals surface area contributed by atoms with E-state index in [0.717, 1.165) is 33.9 Å². The SMILES string of the molecule is Cc1nn(C)c2c1[nH]c(=S)n2Cc1ccc2c(c1)OCO2. The zero-order valence-electron chi connectivity index (χ0n) is 11.7. The Morgan fingerprint density at radius 1 is 1.33 bits per heavy atom. The minimum absolute atomic E-state index is 0.285. The Morgan fingerprint density at radius 2 is 2.14 bits per heavy atom. The van der Waals surface area contributed by atoms with Gasteiger partial charge in [-0.2, -0.15) is 5.10 Å². The Morgan fingerprint density at radius 3 is 3.00 bits per heavy atom. The summed E-state index contributed by atoms with van der Waals surface area (Å²) in [5.41, 5.74) is 4.04. The first-order valence-corrected chi connectivity index (χ1v) is 7.05. The van der Waals surface area contributed by atoms with Crippen LogP contribution < -0.4 is 9.47 Å². The molecule has 2 aromatic heterocycles. The summed E-state index contributed by atoms with van der Waals surface area (Å²) in [6.07, 6.45) is 0. The molecule has 3 aromatic rings. The van der Waals surface area contributed by atoms with Gasteiger partial charge >= 0.3 is 0 Å². The fourth-order valence-electron chi connectivity index (χ4n) is 2.74. The van der Waals surface area contributed by atoms with Crippen LogP contribution in [-0.2, 0) is 13.6 Å². The van der Waals surface area contributed by atoms with Crippen LogP contribution in [0.15, 0.2) is 18.2 Å². The molecule has 1 N–H and O–H groups in total. The number of imidazole rings is 1. The van der Waals surface area contributed by atoms with Crippen molar-refractivity contribution in [1.82, 2.24) is 19.3 Å². The maximum absolute atomic E-state index is 5.43. The molecule has 4 rings (SSSR count). The van der Waals surface area contributed by atoms with Crippen LogP contribution in [0.2, 0.25) is 0 Å². The third-order valence-electron chi connectivity index (χ3n) is 3.70. The molecule has 6 nitrogen and oxygen atoms in total. The van der Waals surface area contributed by atoms with E-state index in [4.69, 9.17) is 21.7 Å². The van der Waals surface area contributed by atoms with Crippen molar-refractivity contribution >= 4 is 23.4 Å². The van der Waals surface area contributed by atoms with Gasteiger partial charge in [0.15, 0.2) is 21.9 Å². The van der Waals surface area contributed by atoms with Gasteiger partial charge in [0.2, 0.25) is 6.79 Å². The van der Waals surface area contributed by atoms with Crippen molar-refractivity contribution in [2.75, 3.05) is 6.79 Å². The third kappa shape index (κ3) is 1.84. The molecular weight excluding hydrogens is 288 g/mol. The lowest BCUT2D eigenvalue weighted by Crippen LogP contribution is -2.04. The highest BCUT2D eigenvalue weighted by Crippen LogP contribution is 2.33. The summed E-state index contributed by atoms with van der Waals surface area (Å²) in [5, 5.41) is 4.43. The molecule has 21 heavy (non-hydrogen) atoms. The second-order valence-electron chi connectivity index (χ2n) is 5.11. The van der Waals surface area contributed by atoms with Gasteiger partial charge in [-0.15, -0.1) is 0 Å². The molecule has 7 heteroatoms. The number of aryl methyl sites for hydroxylation is 2. The number of aromatic nitrogens is 4. The van der Waals surface area contributed by atoms with Crippen molar-refractivity contribution in [3.8, 4) is 11.5 Å². The molecule has 1 aliphatic rings. The third-order valence-corrected chi connectivity index (χ3v) is 4.02. The van der Waals surface area contributed by atoms with Crippen molar-refractivity contribution < 1.29 is 9.47 Å². The maximum atomic E-state index is 5.43. The number of H-pyrrole nitrogens is 1. The lowest BCUT2D eigenvalue weighted by molar-refractivity contribution is 0.174. The normalized spacial score (nSPS) is 13.2. The number of nitrogens with zero attached hydrogens (tertiary/aromatic N) is 3. The summed E-state index contributed by atoms with van der Waals surface area (Å²) in [5.74, 6) is 1.57. The standard InChI is InChI=1S/C14H14N4O2S/c1-8-12-13(17(2)16-8)18(14(21)15-12)6-9-3-4-10-11(5-9)20-7-19-10/h3-5H,6-7H2,1-2H3,(H,15,21). The molecule has 0 saturated carbocycles. The van der Waals surface area contributed by atoms with E-state index in [1.165, 1.54) is 0 Å². The van der Waals surface area contributed by atoms with E-state index >= 15 is 0 Å². The smallest absolute Gasteiger partial charge is 0.231 e. The first-order valence-electron chi connectivity index (χ1n) is 6.64. The predicted octanol–water partition coefficient (Wildman–Crippen LogP) is 2.52. The molecular formula is C14H14N4O2S. The summed E-state index contributed by atoms with van der Waals surface area (Å²) < 4.78 is 15.3. The number of rotatable bonds is 2. The average molecular weight is 302 g/mol. The summed E-state index contributed by atoms with van der Waals surface area (Å²) in [6.45, 7) is 2.92. The Bertz CT molecular complexity index is 906. The quantitative estimate of drug-likeness (QED) is 0.739. The molecule has 0 spiro atoms. The van der Waals surface area contributed by atoms with E-state index in [2.05, 4.69) is 10.1 Å². The van der Waals surface area contributed by atoms with Gasteiger partial charge in [0.05, 0.1) is 12.2 Å². The Kier molecular flexibility index (Phi) is 2.58. The fraction of sp³-hybridized carbons (Fsp3) is 0.286. The van der Waals surface area contributed by atoms with E-state index in [9.17, 15) is 0 Å². The number of ether oxygens (including phenoxy) is 2. The molecule has 0 unspecified atom stereocenters. The van der Waals surface area contributed by atoms with Crippen LogP contribution in [0.3, 0.4) is 0 Å². The Labute approximate surface area is 125 Å². The van der Waals surface area contributed by atoms with Crippen molar-refractivity contribution in [2.45, 2.75) is 13.5 Å². The average Bonchev–Trinajstić information content (AvgIpc) is 3.10. The highest BCUT2D eigenvalue weighted by molar-refractivity contribution is 7.71. The van der Waals surface area contributed by atoms with Gasteiger partial charge in [-0.1, -0.05) is 6.07 Å². The molecule has 0 radical (unpaired) electrons. The lowest BCUT2D eigenvalue weighted by atomic mass is 10.2. The highest BCUT2D eigenvalue weighted by atomic mass is 32.1. The molecule has 1 aromatic carbocycles. The van der Waals surface area contributed by atoms with Crippen LogP contribution in [0, 0.1) is 11.7 Å². The van der Waals surface area contributed by atoms with Crippen molar-refractivity contribution in [2.24, 2.45) is 7.05 Å². The van der Waals surface area contributed by atoms with E-state index in [1.807, 2.05) is 41.4 Å². The number of fused-ring (bicyclic) bond motifs is 2. The summed E-state index contributed by atoms with van der Waals surface area (Å²) in [6, 6.07) is 5.95. The van der Waals surface area contributed by atoms with Gasteiger partial charge in [0.1, 0.15) is 5.52 Å². The van der Waals surface area contributed by atoms with Crippen LogP contribution in [0.1, 0.15) is 11.3 Å². The van der Waals surface area contributed by atoms with Crippen LogP contribution in [0.5, 0.6) is 11.5 Å². The van der Waals surface area contributed by atoms with Crippen molar-refractivity contribution in [1.29, 1.82) is 0 Å². The molecule has 0 aliphatic carbocycles. The largest absolute Gasteiger partial charge is 0.454 e. The lowest BCUT2D eigenvalue weighted by Gasteiger charge is -2.06. The minimum Gasteiger partial charge on any atom is -0.454 e. The second-order valence-corrected chi connectivity index (χ2v) is 5.50. The highest BCUT2D eigenvalue weighted by Gasteiger charge is 2.16. The topological polar surface area (TPSA) is 57.0 Å². The number of aromatic amines is 1. The van der Waals surface area contributed by atoms with E-state index < -0.39 is 0 Å². The zero-order valence-corrected chi connectivity index (χ0v) is 12.5. The Hall–Kier alpha value is -2.28. The van der Waals surface area contributed by atoms with E-state index in [0.29, 0.717) is 11.3 Å². The van der Waals surface area contributed by atoms with Gasteiger partial charge in [-0.05, 0) is 36.8 Å². The first-order chi connectivity index (χ1) is 10.1. The molecule has 108 valence electrons. The van der Waals surface area contributed by atoms with Gasteiger partial charge in [-0.25, -0.2) is 0 Å². The summed E-state index contributed by atoms with van der Waals surface area (Å²) in [4.78, 5) is 3.23. The van der Waals surface area contributed by atoms with E-state index in [1.54, 1.807) is 0 Å². The fourth-order valence-corrected chi connectivity index (χ4v) is 2.99. The molecule has 0 saturated heterocycles. The molecule has 0 atom stereocenters. The number of hydrogen-bond acceptors (Lipinski definition) is 4. The van der Waals surface area contributed by atoms with Crippen LogP contribution in [-0.4, -0.2) is 26.1 Å². The van der Waals surface area contributed by atoms with E-state index in [-0.39, 0.29) is 6.79 Å². The maximum Gasteiger partial charge on any atom is 0.231 e. The van der Waals surface area contributed by atoms with Crippen LogP contribution in [0.25, 0.3) is 11.2 Å². The number of nitrogens with one attached hydrogen (secondary N) is 1. The summed E-state index contributed by atoms with van der Waals surface area (Å²) >= 11 is 5.43.